The molecule has 1 heterocycles. The zero-order valence-corrected chi connectivity index (χ0v) is 13.0. The van der Waals surface area contributed by atoms with Gasteiger partial charge in [-0.3, -0.25) is 0 Å². The number of thioether (sulfide) groups is 1. The molecule has 0 aliphatic heterocycles. The Labute approximate surface area is 124 Å². The van der Waals surface area contributed by atoms with E-state index in [-0.39, 0.29) is 4.75 Å². The quantitative estimate of drug-likeness (QED) is 0.916. The lowest BCUT2D eigenvalue weighted by atomic mass is 10.0. The molecule has 0 spiro atoms. The molecule has 0 fully saturated rings. The van der Waals surface area contributed by atoms with Crippen molar-refractivity contribution in [2.24, 2.45) is 5.73 Å². The molecule has 1 aromatic heterocycles. The van der Waals surface area contributed by atoms with Gasteiger partial charge in [-0.25, -0.2) is 0 Å². The summed E-state index contributed by atoms with van der Waals surface area (Å²) in [5.74, 6) is 2.08. The van der Waals surface area contributed by atoms with E-state index in [4.69, 9.17) is 10.3 Å². The molecule has 0 aliphatic carbocycles. The van der Waals surface area contributed by atoms with Gasteiger partial charge in [-0.1, -0.05) is 44.1 Å². The van der Waals surface area contributed by atoms with Gasteiger partial charge < -0.3 is 10.3 Å². The number of nitrogens with zero attached hydrogens (tertiary/aromatic N) is 2. The Morgan fingerprint density at radius 1 is 1.25 bits per heavy atom. The van der Waals surface area contributed by atoms with E-state index in [1.165, 1.54) is 0 Å². The van der Waals surface area contributed by atoms with E-state index < -0.39 is 0 Å². The fraction of sp³-hybridized carbons (Fsp3) is 0.467. The number of hydrogen-bond donors (Lipinski definition) is 1. The van der Waals surface area contributed by atoms with Crippen LogP contribution in [0.1, 0.15) is 32.2 Å². The predicted molar refractivity (Wildman–Crippen MR) is 83.5 cm³/mol. The zero-order chi connectivity index (χ0) is 14.6. The maximum absolute atomic E-state index is 5.64. The van der Waals surface area contributed by atoms with Crippen molar-refractivity contribution in [2.75, 3.05) is 6.54 Å². The first-order valence-corrected chi connectivity index (χ1v) is 7.73. The second kappa shape index (κ2) is 6.41. The summed E-state index contributed by atoms with van der Waals surface area (Å²) in [5.41, 5.74) is 7.77. The number of benzene rings is 1. The van der Waals surface area contributed by atoms with Crippen molar-refractivity contribution in [2.45, 2.75) is 37.7 Å². The van der Waals surface area contributed by atoms with Crippen LogP contribution in [0.15, 0.2) is 28.8 Å². The molecule has 20 heavy (non-hydrogen) atoms. The van der Waals surface area contributed by atoms with Crippen LogP contribution in [-0.2, 0) is 12.2 Å². The van der Waals surface area contributed by atoms with Crippen LogP contribution in [-0.4, -0.2) is 21.4 Å². The summed E-state index contributed by atoms with van der Waals surface area (Å²) < 4.78 is 5.58. The number of hydrogen-bond acceptors (Lipinski definition) is 5. The van der Waals surface area contributed by atoms with Crippen molar-refractivity contribution in [3.8, 4) is 11.5 Å². The van der Waals surface area contributed by atoms with Gasteiger partial charge in [0.25, 0.3) is 5.89 Å². The lowest BCUT2D eigenvalue weighted by molar-refractivity contribution is 0.424. The molecule has 1 aromatic carbocycles. The van der Waals surface area contributed by atoms with Crippen molar-refractivity contribution in [1.82, 2.24) is 10.1 Å². The van der Waals surface area contributed by atoms with Crippen LogP contribution in [0.25, 0.3) is 11.5 Å². The van der Waals surface area contributed by atoms with E-state index in [0.29, 0.717) is 12.4 Å². The number of nitrogens with two attached hydrogens (primary N) is 1. The summed E-state index contributed by atoms with van der Waals surface area (Å²) >= 11 is 1.80. The molecule has 108 valence electrons. The van der Waals surface area contributed by atoms with E-state index in [1.54, 1.807) is 11.8 Å². The topological polar surface area (TPSA) is 64.9 Å². The third-order valence-electron chi connectivity index (χ3n) is 2.76. The molecule has 4 nitrogen and oxygen atoms in total. The highest BCUT2D eigenvalue weighted by molar-refractivity contribution is 7.99. The van der Waals surface area contributed by atoms with Crippen molar-refractivity contribution >= 4 is 11.8 Å². The van der Waals surface area contributed by atoms with Gasteiger partial charge in [0, 0.05) is 10.3 Å². The van der Waals surface area contributed by atoms with E-state index in [1.807, 2.05) is 18.2 Å². The molecular formula is C15H21N3OS. The molecule has 0 radical (unpaired) electrons. The van der Waals surface area contributed by atoms with Crippen LogP contribution in [0, 0.1) is 0 Å². The van der Waals surface area contributed by atoms with Gasteiger partial charge in [-0.2, -0.15) is 4.98 Å². The molecule has 5 heteroatoms. The monoisotopic (exact) mass is 291 g/mol. The summed E-state index contributed by atoms with van der Waals surface area (Å²) in [5, 5.41) is 4.06. The molecule has 0 bridgehead atoms. The molecule has 0 saturated carbocycles. The van der Waals surface area contributed by atoms with Crippen molar-refractivity contribution in [3.05, 3.63) is 35.7 Å². The third-order valence-corrected chi connectivity index (χ3v) is 4.03. The standard InChI is InChI=1S/C15H21N3OS/c1-15(2,3)20-10-13-17-14(19-18-13)12-7-5-4-6-11(12)8-9-16/h4-7H,8-10,16H2,1-3H3. The van der Waals surface area contributed by atoms with Gasteiger partial charge in [0.2, 0.25) is 0 Å². The van der Waals surface area contributed by atoms with Crippen LogP contribution in [0.3, 0.4) is 0 Å². The minimum Gasteiger partial charge on any atom is -0.334 e. The molecular weight excluding hydrogens is 270 g/mol. The smallest absolute Gasteiger partial charge is 0.258 e. The van der Waals surface area contributed by atoms with Crippen LogP contribution < -0.4 is 5.73 Å². The van der Waals surface area contributed by atoms with Crippen LogP contribution >= 0.6 is 11.8 Å². The van der Waals surface area contributed by atoms with Crippen LogP contribution in [0.5, 0.6) is 0 Å². The number of rotatable bonds is 5. The summed E-state index contributed by atoms with van der Waals surface area (Å²) in [7, 11) is 0. The van der Waals surface area contributed by atoms with Gasteiger partial charge >= 0.3 is 0 Å². The second-order valence-electron chi connectivity index (χ2n) is 5.61. The molecule has 2 N–H and O–H groups in total. The van der Waals surface area contributed by atoms with Crippen molar-refractivity contribution in [1.29, 1.82) is 0 Å². The van der Waals surface area contributed by atoms with Gasteiger partial charge in [-0.05, 0) is 24.6 Å². The molecule has 0 unspecified atom stereocenters. The van der Waals surface area contributed by atoms with Gasteiger partial charge in [0.1, 0.15) is 0 Å². The summed E-state index contributed by atoms with van der Waals surface area (Å²) in [4.78, 5) is 4.49. The minimum atomic E-state index is 0.193. The Balaban J connectivity index is 2.16. The first-order chi connectivity index (χ1) is 9.49. The van der Waals surface area contributed by atoms with Gasteiger partial charge in [0.05, 0.1) is 5.75 Å². The third kappa shape index (κ3) is 4.08. The highest BCUT2D eigenvalue weighted by Gasteiger charge is 2.15. The molecule has 0 atom stereocenters. The van der Waals surface area contributed by atoms with E-state index in [2.05, 4.69) is 37.0 Å². The fourth-order valence-electron chi connectivity index (χ4n) is 1.81. The lowest BCUT2D eigenvalue weighted by Crippen LogP contribution is -2.07. The molecule has 0 amide bonds. The van der Waals surface area contributed by atoms with E-state index in [9.17, 15) is 0 Å². The maximum atomic E-state index is 5.64. The Morgan fingerprint density at radius 2 is 2.00 bits per heavy atom. The first kappa shape index (κ1) is 15.1. The maximum Gasteiger partial charge on any atom is 0.258 e. The molecule has 0 saturated heterocycles. The Bertz CT molecular complexity index is 560. The highest BCUT2D eigenvalue weighted by Crippen LogP contribution is 2.28. The summed E-state index contributed by atoms with van der Waals surface area (Å²) in [6, 6.07) is 8.03. The largest absolute Gasteiger partial charge is 0.334 e. The lowest BCUT2D eigenvalue weighted by Gasteiger charge is -2.15. The van der Waals surface area contributed by atoms with E-state index in [0.717, 1.165) is 29.1 Å². The van der Waals surface area contributed by atoms with Crippen LogP contribution in [0.4, 0.5) is 0 Å². The van der Waals surface area contributed by atoms with Crippen molar-refractivity contribution < 1.29 is 4.52 Å². The molecule has 2 aromatic rings. The van der Waals surface area contributed by atoms with Gasteiger partial charge in [0.15, 0.2) is 5.82 Å². The summed E-state index contributed by atoms with van der Waals surface area (Å²) in [6.07, 6.45) is 0.810. The molecule has 2 rings (SSSR count). The Kier molecular flexibility index (Phi) is 4.83. The van der Waals surface area contributed by atoms with Crippen molar-refractivity contribution in [3.63, 3.8) is 0 Å². The SMILES string of the molecule is CC(C)(C)SCc1noc(-c2ccccc2CCN)n1. The highest BCUT2D eigenvalue weighted by atomic mass is 32.2. The first-order valence-electron chi connectivity index (χ1n) is 6.74. The minimum absolute atomic E-state index is 0.193. The zero-order valence-electron chi connectivity index (χ0n) is 12.2. The van der Waals surface area contributed by atoms with E-state index >= 15 is 0 Å². The average molecular weight is 291 g/mol. The Morgan fingerprint density at radius 3 is 2.70 bits per heavy atom. The molecule has 0 aliphatic rings. The fourth-order valence-corrected chi connectivity index (χ4v) is 2.48. The Hall–Kier alpha value is -1.33. The van der Waals surface area contributed by atoms with Crippen LogP contribution in [0.2, 0.25) is 0 Å². The second-order valence-corrected chi connectivity index (χ2v) is 7.41. The predicted octanol–water partition coefficient (Wildman–Crippen LogP) is 3.27. The number of aromatic nitrogens is 2. The summed E-state index contributed by atoms with van der Waals surface area (Å²) in [6.45, 7) is 7.14. The normalized spacial score (nSPS) is 11.8. The van der Waals surface area contributed by atoms with Gasteiger partial charge in [-0.15, -0.1) is 11.8 Å². The average Bonchev–Trinajstić information content (AvgIpc) is 2.85.